The Morgan fingerprint density at radius 2 is 1.52 bits per heavy atom. The lowest BCUT2D eigenvalue weighted by Gasteiger charge is -2.09. The number of aromatic hydroxyl groups is 1. The number of nitro groups is 2. The lowest BCUT2D eigenvalue weighted by molar-refractivity contribution is -0.385. The Kier molecular flexibility index (Phi) is 5.35. The van der Waals surface area contributed by atoms with Crippen molar-refractivity contribution in [1.82, 2.24) is 0 Å². The molecule has 0 aliphatic rings. The number of anilines is 1. The second-order valence-corrected chi connectivity index (χ2v) is 5.79. The quantitative estimate of drug-likeness (QED) is 0.360. The molecule has 146 valence electrons. The van der Waals surface area contributed by atoms with Crippen molar-refractivity contribution in [2.75, 3.05) is 5.32 Å². The SMILES string of the molecule is O=C(Nc1cc([N+](=O)[O-])ccc1O)c1cccc(Oc2ccc([N+](=O)[O-])cc2)c1. The number of nitrogens with one attached hydrogen (secondary N) is 1. The number of nitrogens with zero attached hydrogens (tertiary/aromatic N) is 2. The molecule has 0 aromatic heterocycles. The van der Waals surface area contributed by atoms with Crippen molar-refractivity contribution >= 4 is 23.0 Å². The first kappa shape index (κ1) is 19.3. The zero-order valence-electron chi connectivity index (χ0n) is 14.6. The van der Waals surface area contributed by atoms with Crippen molar-refractivity contribution in [2.24, 2.45) is 0 Å². The molecule has 3 aromatic carbocycles. The van der Waals surface area contributed by atoms with E-state index in [0.29, 0.717) is 11.5 Å². The van der Waals surface area contributed by atoms with Crippen LogP contribution in [-0.2, 0) is 0 Å². The number of hydrogen-bond acceptors (Lipinski definition) is 7. The first-order valence-electron chi connectivity index (χ1n) is 8.14. The minimum absolute atomic E-state index is 0.0813. The lowest BCUT2D eigenvalue weighted by atomic mass is 10.2. The molecule has 10 nitrogen and oxygen atoms in total. The number of phenols is 1. The van der Waals surface area contributed by atoms with Crippen LogP contribution in [0.15, 0.2) is 66.7 Å². The Labute approximate surface area is 163 Å². The summed E-state index contributed by atoms with van der Waals surface area (Å²) in [5.41, 5.74) is -0.295. The maximum Gasteiger partial charge on any atom is 0.271 e. The van der Waals surface area contributed by atoms with Gasteiger partial charge in [-0.15, -0.1) is 0 Å². The van der Waals surface area contributed by atoms with Gasteiger partial charge in [0, 0.05) is 29.8 Å². The van der Waals surface area contributed by atoms with Crippen LogP contribution in [0.3, 0.4) is 0 Å². The highest BCUT2D eigenvalue weighted by Gasteiger charge is 2.14. The van der Waals surface area contributed by atoms with E-state index in [4.69, 9.17) is 4.74 Å². The first-order chi connectivity index (χ1) is 13.8. The molecule has 0 bridgehead atoms. The number of rotatable bonds is 6. The molecule has 0 heterocycles. The molecule has 2 N–H and O–H groups in total. The summed E-state index contributed by atoms with van der Waals surface area (Å²) in [6.45, 7) is 0. The number of nitro benzene ring substituents is 2. The molecule has 0 spiro atoms. The molecule has 3 rings (SSSR count). The fourth-order valence-electron chi connectivity index (χ4n) is 2.40. The summed E-state index contributed by atoms with van der Waals surface area (Å²) in [6, 6.07) is 14.8. The van der Waals surface area contributed by atoms with Crippen LogP contribution in [0.5, 0.6) is 17.2 Å². The summed E-state index contributed by atoms with van der Waals surface area (Å²) in [5.74, 6) is -0.295. The van der Waals surface area contributed by atoms with Crippen molar-refractivity contribution in [3.05, 3.63) is 92.5 Å². The maximum absolute atomic E-state index is 12.4. The van der Waals surface area contributed by atoms with Gasteiger partial charge in [-0.2, -0.15) is 0 Å². The molecule has 10 heteroatoms. The van der Waals surface area contributed by atoms with E-state index in [-0.39, 0.29) is 28.4 Å². The fourth-order valence-corrected chi connectivity index (χ4v) is 2.40. The van der Waals surface area contributed by atoms with E-state index in [0.717, 1.165) is 18.2 Å². The minimum atomic E-state index is -0.645. The molecule has 0 saturated carbocycles. The number of phenolic OH excluding ortho intramolecular Hbond substituents is 1. The number of carbonyl (C=O) groups excluding carboxylic acids is 1. The average Bonchev–Trinajstić information content (AvgIpc) is 2.70. The highest BCUT2D eigenvalue weighted by molar-refractivity contribution is 6.05. The predicted octanol–water partition coefficient (Wildman–Crippen LogP) is 4.25. The van der Waals surface area contributed by atoms with E-state index in [1.807, 2.05) is 0 Å². The van der Waals surface area contributed by atoms with Crippen LogP contribution in [0.25, 0.3) is 0 Å². The smallest absolute Gasteiger partial charge is 0.271 e. The summed E-state index contributed by atoms with van der Waals surface area (Å²) in [5, 5.41) is 33.8. The second-order valence-electron chi connectivity index (χ2n) is 5.79. The minimum Gasteiger partial charge on any atom is -0.506 e. The summed E-state index contributed by atoms with van der Waals surface area (Å²) >= 11 is 0. The standard InChI is InChI=1S/C19H13N3O7/c23-18-9-6-14(22(27)28)11-17(18)20-19(24)12-2-1-3-16(10-12)29-15-7-4-13(5-8-15)21(25)26/h1-11,23H,(H,20,24). The van der Waals surface area contributed by atoms with Crippen LogP contribution in [0, 0.1) is 20.2 Å². The number of amides is 1. The molecule has 0 saturated heterocycles. The van der Waals surface area contributed by atoms with Gasteiger partial charge >= 0.3 is 0 Å². The maximum atomic E-state index is 12.4. The van der Waals surface area contributed by atoms with Crippen molar-refractivity contribution in [2.45, 2.75) is 0 Å². The lowest BCUT2D eigenvalue weighted by Crippen LogP contribution is -2.12. The Hall–Kier alpha value is -4.47. The van der Waals surface area contributed by atoms with E-state index in [1.165, 1.54) is 36.4 Å². The Bertz CT molecular complexity index is 1100. The van der Waals surface area contributed by atoms with Crippen molar-refractivity contribution < 1.29 is 24.5 Å². The van der Waals surface area contributed by atoms with Gasteiger partial charge in [-0.3, -0.25) is 25.0 Å². The zero-order chi connectivity index (χ0) is 21.0. The van der Waals surface area contributed by atoms with E-state index < -0.39 is 15.8 Å². The molecule has 0 aliphatic heterocycles. The molecule has 1 amide bonds. The average molecular weight is 395 g/mol. The van der Waals surface area contributed by atoms with E-state index in [2.05, 4.69) is 5.32 Å². The molecule has 29 heavy (non-hydrogen) atoms. The predicted molar refractivity (Wildman–Crippen MR) is 102 cm³/mol. The highest BCUT2D eigenvalue weighted by Crippen LogP contribution is 2.29. The van der Waals surface area contributed by atoms with Crippen LogP contribution < -0.4 is 10.1 Å². The number of carbonyl (C=O) groups is 1. The molecular weight excluding hydrogens is 382 g/mol. The third kappa shape index (κ3) is 4.63. The van der Waals surface area contributed by atoms with Crippen LogP contribution in [0.1, 0.15) is 10.4 Å². The third-order valence-electron chi connectivity index (χ3n) is 3.82. The number of benzene rings is 3. The number of ether oxygens (including phenoxy) is 1. The summed E-state index contributed by atoms with van der Waals surface area (Å²) in [7, 11) is 0. The van der Waals surface area contributed by atoms with Crippen LogP contribution in [0.2, 0.25) is 0 Å². The third-order valence-corrected chi connectivity index (χ3v) is 3.82. The van der Waals surface area contributed by atoms with Gasteiger partial charge in [0.05, 0.1) is 15.5 Å². The van der Waals surface area contributed by atoms with Crippen molar-refractivity contribution in [3.63, 3.8) is 0 Å². The van der Waals surface area contributed by atoms with Gasteiger partial charge in [0.15, 0.2) is 0 Å². The van der Waals surface area contributed by atoms with Gasteiger partial charge in [0.1, 0.15) is 17.2 Å². The summed E-state index contributed by atoms with van der Waals surface area (Å²) in [4.78, 5) is 32.8. The number of hydrogen-bond donors (Lipinski definition) is 2. The van der Waals surface area contributed by atoms with Gasteiger partial charge in [0.2, 0.25) is 0 Å². The Morgan fingerprint density at radius 1 is 0.862 bits per heavy atom. The van der Waals surface area contributed by atoms with Gasteiger partial charge in [-0.25, -0.2) is 0 Å². The molecule has 0 aliphatic carbocycles. The molecular formula is C19H13N3O7. The van der Waals surface area contributed by atoms with Gasteiger partial charge in [-0.05, 0) is 36.4 Å². The Morgan fingerprint density at radius 3 is 2.17 bits per heavy atom. The monoisotopic (exact) mass is 395 g/mol. The summed E-state index contributed by atoms with van der Waals surface area (Å²) < 4.78 is 5.59. The van der Waals surface area contributed by atoms with Crippen molar-refractivity contribution in [1.29, 1.82) is 0 Å². The number of non-ortho nitro benzene ring substituents is 2. The van der Waals surface area contributed by atoms with Crippen molar-refractivity contribution in [3.8, 4) is 17.2 Å². The van der Waals surface area contributed by atoms with Crippen LogP contribution in [-0.4, -0.2) is 20.9 Å². The fraction of sp³-hybridized carbons (Fsp3) is 0. The largest absolute Gasteiger partial charge is 0.506 e. The molecule has 0 radical (unpaired) electrons. The molecule has 0 unspecified atom stereocenters. The summed E-state index contributed by atoms with van der Waals surface area (Å²) in [6.07, 6.45) is 0. The zero-order valence-corrected chi connectivity index (χ0v) is 14.6. The molecule has 0 atom stereocenters. The molecule has 3 aromatic rings. The molecule has 0 fully saturated rings. The highest BCUT2D eigenvalue weighted by atomic mass is 16.6. The van der Waals surface area contributed by atoms with Gasteiger partial charge < -0.3 is 15.2 Å². The topological polar surface area (TPSA) is 145 Å². The van der Waals surface area contributed by atoms with Crippen LogP contribution >= 0.6 is 0 Å². The van der Waals surface area contributed by atoms with Crippen LogP contribution in [0.4, 0.5) is 17.1 Å². The normalized spacial score (nSPS) is 10.2. The Balaban J connectivity index is 1.77. The van der Waals surface area contributed by atoms with E-state index in [9.17, 15) is 30.1 Å². The first-order valence-corrected chi connectivity index (χ1v) is 8.14. The van der Waals surface area contributed by atoms with E-state index in [1.54, 1.807) is 12.1 Å². The van der Waals surface area contributed by atoms with Gasteiger partial charge in [0.25, 0.3) is 17.3 Å². The van der Waals surface area contributed by atoms with Gasteiger partial charge in [-0.1, -0.05) is 6.07 Å². The second kappa shape index (κ2) is 8.05. The van der Waals surface area contributed by atoms with E-state index >= 15 is 0 Å².